The largest absolute Gasteiger partial charge is 0.337 e. The first-order valence-electron chi connectivity index (χ1n) is 8.15. The fourth-order valence-electron chi connectivity index (χ4n) is 2.36. The van der Waals surface area contributed by atoms with Crippen molar-refractivity contribution in [2.45, 2.75) is 0 Å². The van der Waals surface area contributed by atoms with Crippen molar-refractivity contribution in [3.63, 3.8) is 0 Å². The van der Waals surface area contributed by atoms with Gasteiger partial charge in [-0.25, -0.2) is 9.61 Å². The summed E-state index contributed by atoms with van der Waals surface area (Å²) in [7, 11) is 0. The Balaban J connectivity index is 1.59. The van der Waals surface area contributed by atoms with Gasteiger partial charge in [-0.1, -0.05) is 17.7 Å². The van der Waals surface area contributed by atoms with Crippen molar-refractivity contribution in [1.29, 1.82) is 0 Å². The van der Waals surface area contributed by atoms with E-state index in [-0.39, 0.29) is 22.8 Å². The zero-order valence-electron chi connectivity index (χ0n) is 14.5. The van der Waals surface area contributed by atoms with Crippen molar-refractivity contribution in [2.24, 2.45) is 5.10 Å². The Morgan fingerprint density at radius 2 is 1.79 bits per heavy atom. The van der Waals surface area contributed by atoms with Crippen LogP contribution in [0.15, 0.2) is 58.3 Å². The molecule has 0 spiro atoms. The number of non-ortho nitro benzene ring substituents is 1. The summed E-state index contributed by atoms with van der Waals surface area (Å²) in [6.45, 7) is 0. The molecule has 2 N–H and O–H groups in total. The lowest BCUT2D eigenvalue weighted by Crippen LogP contribution is -2.03. The lowest BCUT2D eigenvalue weighted by molar-refractivity contribution is -0.384. The normalized spacial score (nSPS) is 11.1. The maximum atomic E-state index is 10.7. The van der Waals surface area contributed by atoms with E-state index in [1.807, 2.05) is 6.07 Å². The number of nitrogens with one attached hydrogen (secondary N) is 2. The number of hydrogen-bond donors (Lipinski definition) is 2. The van der Waals surface area contributed by atoms with E-state index in [1.165, 1.54) is 18.3 Å². The highest BCUT2D eigenvalue weighted by Crippen LogP contribution is 2.25. The summed E-state index contributed by atoms with van der Waals surface area (Å²) in [6, 6.07) is 13.0. The molecule has 2 heterocycles. The van der Waals surface area contributed by atoms with Gasteiger partial charge in [-0.2, -0.15) is 10.1 Å². The number of nitrogens with zero attached hydrogens (tertiary/aromatic N) is 6. The molecular weight excluding hydrogens is 400 g/mol. The van der Waals surface area contributed by atoms with Crippen LogP contribution in [-0.2, 0) is 0 Å². The molecule has 144 valence electrons. The van der Waals surface area contributed by atoms with Crippen LogP contribution in [0.5, 0.6) is 0 Å². The topological polar surface area (TPSA) is 144 Å². The van der Waals surface area contributed by atoms with Gasteiger partial charge in [0.2, 0.25) is 11.3 Å². The van der Waals surface area contributed by atoms with Crippen LogP contribution in [0, 0.1) is 10.1 Å². The van der Waals surface area contributed by atoms with Crippen LogP contribution < -0.4 is 10.7 Å². The predicted octanol–water partition coefficient (Wildman–Crippen LogP) is 3.76. The van der Waals surface area contributed by atoms with Crippen molar-refractivity contribution in [2.75, 3.05) is 10.7 Å². The summed E-state index contributed by atoms with van der Waals surface area (Å²) in [6.07, 6.45) is 1.49. The highest BCUT2D eigenvalue weighted by molar-refractivity contribution is 6.30. The molecule has 2 aromatic carbocycles. The van der Waals surface area contributed by atoms with E-state index < -0.39 is 4.92 Å². The Morgan fingerprint density at radius 1 is 1.07 bits per heavy atom. The zero-order valence-corrected chi connectivity index (χ0v) is 15.2. The molecule has 0 saturated heterocycles. The van der Waals surface area contributed by atoms with Gasteiger partial charge in [0.15, 0.2) is 11.6 Å². The Morgan fingerprint density at radius 3 is 2.48 bits per heavy atom. The molecule has 4 aromatic rings. The van der Waals surface area contributed by atoms with Crippen molar-refractivity contribution in [1.82, 2.24) is 20.3 Å². The average molecular weight is 411 g/mol. The monoisotopic (exact) mass is 410 g/mol. The standard InChI is InChI=1S/C17H11ClN8O3/c18-11-2-1-3-12(8-11)20-14-15(22-17-16(21-14)24-29-25-17)23-19-9-10-4-6-13(7-5-10)26(27)28/h1-9H,(H,20,21,24)(H,22,23,25)/b19-9-. The number of fused-ring (bicyclic) bond motifs is 1. The first-order valence-corrected chi connectivity index (χ1v) is 8.53. The lowest BCUT2D eigenvalue weighted by atomic mass is 10.2. The second-order valence-electron chi connectivity index (χ2n) is 5.69. The van der Waals surface area contributed by atoms with E-state index in [1.54, 1.807) is 30.3 Å². The van der Waals surface area contributed by atoms with Crippen molar-refractivity contribution < 1.29 is 9.55 Å². The van der Waals surface area contributed by atoms with Crippen molar-refractivity contribution in [3.8, 4) is 0 Å². The molecule has 0 amide bonds. The third kappa shape index (κ3) is 4.25. The molecule has 11 nitrogen and oxygen atoms in total. The average Bonchev–Trinajstić information content (AvgIpc) is 3.16. The minimum absolute atomic E-state index is 0.00188. The van der Waals surface area contributed by atoms with Crippen LogP contribution in [0.25, 0.3) is 11.3 Å². The second-order valence-corrected chi connectivity index (χ2v) is 6.12. The van der Waals surface area contributed by atoms with E-state index in [0.717, 1.165) is 0 Å². The molecule has 29 heavy (non-hydrogen) atoms. The van der Waals surface area contributed by atoms with Gasteiger partial charge in [0.05, 0.1) is 11.1 Å². The molecule has 0 atom stereocenters. The third-order valence-electron chi connectivity index (χ3n) is 3.69. The lowest BCUT2D eigenvalue weighted by Gasteiger charge is -2.09. The number of hydrogen-bond acceptors (Lipinski definition) is 10. The highest BCUT2D eigenvalue weighted by atomic mass is 35.5. The van der Waals surface area contributed by atoms with Crippen molar-refractivity contribution >= 4 is 52.1 Å². The number of halogens is 1. The maximum absolute atomic E-state index is 10.7. The number of benzene rings is 2. The van der Waals surface area contributed by atoms with Gasteiger partial charge in [0.1, 0.15) is 0 Å². The Kier molecular flexibility index (Phi) is 4.95. The predicted molar refractivity (Wildman–Crippen MR) is 106 cm³/mol. The molecule has 0 bridgehead atoms. The van der Waals surface area contributed by atoms with Crippen LogP contribution in [0.1, 0.15) is 5.56 Å². The Labute approximate surface area is 167 Å². The van der Waals surface area contributed by atoms with Crippen molar-refractivity contribution in [3.05, 3.63) is 69.2 Å². The number of aromatic nitrogens is 4. The number of rotatable bonds is 6. The molecule has 0 saturated carbocycles. The molecule has 0 radical (unpaired) electrons. The summed E-state index contributed by atoms with van der Waals surface area (Å²) >= 11 is 6.02. The van der Waals surface area contributed by atoms with E-state index in [0.29, 0.717) is 22.1 Å². The quantitative estimate of drug-likeness (QED) is 0.275. The van der Waals surface area contributed by atoms with Gasteiger partial charge in [-0.3, -0.25) is 15.5 Å². The summed E-state index contributed by atoms with van der Waals surface area (Å²) in [5.74, 6) is 0.600. The molecule has 0 aliphatic carbocycles. The molecular formula is C17H11ClN8O3. The van der Waals surface area contributed by atoms with E-state index in [9.17, 15) is 10.1 Å². The molecule has 0 aliphatic heterocycles. The molecule has 2 aromatic heterocycles. The third-order valence-corrected chi connectivity index (χ3v) is 3.92. The summed E-state index contributed by atoms with van der Waals surface area (Å²) < 4.78 is 4.65. The van der Waals surface area contributed by atoms with Gasteiger partial charge in [0.25, 0.3) is 5.69 Å². The van der Waals surface area contributed by atoms with Crippen LogP contribution in [-0.4, -0.2) is 31.4 Å². The van der Waals surface area contributed by atoms with Crippen LogP contribution >= 0.6 is 11.6 Å². The Bertz CT molecular complexity index is 1210. The molecule has 0 aliphatic rings. The van der Waals surface area contributed by atoms with E-state index in [2.05, 4.69) is 40.8 Å². The van der Waals surface area contributed by atoms with Gasteiger partial charge >= 0.3 is 0 Å². The number of hydrazone groups is 1. The summed E-state index contributed by atoms with van der Waals surface area (Å²) in [4.78, 5) is 18.9. The number of nitro benzene ring substituents is 1. The van der Waals surface area contributed by atoms with E-state index in [4.69, 9.17) is 11.6 Å². The van der Waals surface area contributed by atoms with Gasteiger partial charge in [-0.15, -0.1) is 0 Å². The van der Waals surface area contributed by atoms with Crippen LogP contribution in [0.2, 0.25) is 5.02 Å². The molecule has 12 heteroatoms. The van der Waals surface area contributed by atoms with Gasteiger partial charge in [0, 0.05) is 22.8 Å². The maximum Gasteiger partial charge on any atom is 0.269 e. The van der Waals surface area contributed by atoms with Gasteiger partial charge in [-0.05, 0) is 46.2 Å². The first kappa shape index (κ1) is 18.3. The second kappa shape index (κ2) is 7.86. The molecule has 0 fully saturated rings. The van der Waals surface area contributed by atoms with Crippen LogP contribution in [0.3, 0.4) is 0 Å². The van der Waals surface area contributed by atoms with Crippen LogP contribution in [0.4, 0.5) is 23.0 Å². The summed E-state index contributed by atoms with van der Waals surface area (Å²) in [5.41, 5.74) is 4.54. The fraction of sp³-hybridized carbons (Fsp3) is 0. The fourth-order valence-corrected chi connectivity index (χ4v) is 2.55. The van der Waals surface area contributed by atoms with E-state index >= 15 is 0 Å². The number of nitro groups is 1. The smallest absolute Gasteiger partial charge is 0.269 e. The van der Waals surface area contributed by atoms with Gasteiger partial charge < -0.3 is 5.32 Å². The Hall–Kier alpha value is -4.12. The number of anilines is 3. The SMILES string of the molecule is O=[N+]([O-])c1ccc(/C=N\Nc2nc3nonc3nc2Nc2cccc(Cl)c2)cc1. The zero-order chi connectivity index (χ0) is 20.2. The molecule has 4 rings (SSSR count). The molecule has 0 unspecified atom stereocenters. The summed E-state index contributed by atoms with van der Waals surface area (Å²) in [5, 5.41) is 25.8. The highest BCUT2D eigenvalue weighted by Gasteiger charge is 2.13. The minimum Gasteiger partial charge on any atom is -0.337 e. The first-order chi connectivity index (χ1) is 14.1. The minimum atomic E-state index is -0.469.